The molecule has 0 radical (unpaired) electrons. The van der Waals surface area contributed by atoms with Crippen molar-refractivity contribution in [3.63, 3.8) is 0 Å². The molecule has 1 unspecified atom stereocenters. The van der Waals surface area contributed by atoms with Gasteiger partial charge in [0.05, 0.1) is 11.3 Å². The number of carbonyl (C=O) groups is 1. The molecule has 94 valence electrons. The molecule has 0 bridgehead atoms. The van der Waals surface area contributed by atoms with Crippen molar-refractivity contribution in [3.05, 3.63) is 29.6 Å². The second-order valence-electron chi connectivity index (χ2n) is 3.92. The molecule has 0 aliphatic carbocycles. The molecule has 0 saturated heterocycles. The Labute approximate surface area is 106 Å². The van der Waals surface area contributed by atoms with E-state index in [0.29, 0.717) is 18.0 Å². The number of anilines is 1. The molecular formula is C13H18FNOS. The van der Waals surface area contributed by atoms with E-state index in [1.54, 1.807) is 23.9 Å². The maximum absolute atomic E-state index is 13.5. The summed E-state index contributed by atoms with van der Waals surface area (Å²) in [7, 11) is 1.91. The predicted octanol–water partition coefficient (Wildman–Crippen LogP) is 3.22. The first-order chi connectivity index (χ1) is 8.15. The van der Waals surface area contributed by atoms with Crippen molar-refractivity contribution >= 4 is 23.7 Å². The summed E-state index contributed by atoms with van der Waals surface area (Å²) in [5.74, 6) is 0.505. The van der Waals surface area contributed by atoms with Gasteiger partial charge in [-0.1, -0.05) is 13.0 Å². The average molecular weight is 255 g/mol. The Morgan fingerprint density at radius 3 is 2.76 bits per heavy atom. The van der Waals surface area contributed by atoms with Gasteiger partial charge in [-0.15, -0.1) is 0 Å². The fraction of sp³-hybridized carbons (Fsp3) is 0.462. The molecule has 0 aliphatic heterocycles. The fourth-order valence-corrected chi connectivity index (χ4v) is 2.69. The number of nitrogens with zero attached hydrogens (tertiary/aromatic N) is 1. The van der Waals surface area contributed by atoms with Crippen LogP contribution in [0.5, 0.6) is 0 Å². The Balaban J connectivity index is 3.05. The van der Waals surface area contributed by atoms with Gasteiger partial charge in [-0.3, -0.25) is 4.79 Å². The second kappa shape index (κ2) is 6.64. The topological polar surface area (TPSA) is 20.3 Å². The summed E-state index contributed by atoms with van der Waals surface area (Å²) in [4.78, 5) is 12.9. The Bertz CT molecular complexity index is 384. The van der Waals surface area contributed by atoms with Crippen LogP contribution in [0.25, 0.3) is 0 Å². The molecule has 17 heavy (non-hydrogen) atoms. The SMILES string of the molecule is CCC(CSC)N(C)c1cccc(F)c1C=O. The largest absolute Gasteiger partial charge is 0.370 e. The van der Waals surface area contributed by atoms with Crippen molar-refractivity contribution in [2.45, 2.75) is 19.4 Å². The number of hydrogen-bond donors (Lipinski definition) is 0. The van der Waals surface area contributed by atoms with Gasteiger partial charge in [0, 0.05) is 18.8 Å². The minimum atomic E-state index is -0.455. The smallest absolute Gasteiger partial charge is 0.155 e. The van der Waals surface area contributed by atoms with E-state index in [1.165, 1.54) is 6.07 Å². The number of rotatable bonds is 6. The molecule has 0 saturated carbocycles. The van der Waals surface area contributed by atoms with E-state index in [0.717, 1.165) is 12.2 Å². The lowest BCUT2D eigenvalue weighted by atomic mass is 10.1. The normalized spacial score (nSPS) is 12.2. The van der Waals surface area contributed by atoms with Crippen molar-refractivity contribution < 1.29 is 9.18 Å². The molecule has 1 aromatic carbocycles. The highest BCUT2D eigenvalue weighted by atomic mass is 32.2. The molecule has 0 amide bonds. The molecule has 1 atom stereocenters. The summed E-state index contributed by atoms with van der Waals surface area (Å²) in [6.07, 6.45) is 3.60. The molecular weight excluding hydrogens is 237 g/mol. The summed E-state index contributed by atoms with van der Waals surface area (Å²) in [6, 6.07) is 5.05. The fourth-order valence-electron chi connectivity index (χ4n) is 1.84. The Hall–Kier alpha value is -1.03. The van der Waals surface area contributed by atoms with Gasteiger partial charge in [0.1, 0.15) is 5.82 Å². The highest BCUT2D eigenvalue weighted by Gasteiger charge is 2.17. The van der Waals surface area contributed by atoms with Crippen LogP contribution < -0.4 is 4.90 Å². The molecule has 2 nitrogen and oxygen atoms in total. The van der Waals surface area contributed by atoms with Crippen LogP contribution in [-0.4, -0.2) is 31.4 Å². The number of halogens is 1. The van der Waals surface area contributed by atoms with E-state index in [1.807, 2.05) is 18.2 Å². The number of thioether (sulfide) groups is 1. The quantitative estimate of drug-likeness (QED) is 0.728. The van der Waals surface area contributed by atoms with Crippen LogP contribution in [-0.2, 0) is 0 Å². The highest BCUT2D eigenvalue weighted by molar-refractivity contribution is 7.98. The Morgan fingerprint density at radius 1 is 1.53 bits per heavy atom. The first-order valence-electron chi connectivity index (χ1n) is 5.61. The van der Waals surface area contributed by atoms with Crippen LogP contribution in [0.2, 0.25) is 0 Å². The molecule has 0 fully saturated rings. The van der Waals surface area contributed by atoms with Gasteiger partial charge in [-0.25, -0.2) is 4.39 Å². The van der Waals surface area contributed by atoms with Crippen molar-refractivity contribution in [2.75, 3.05) is 24.0 Å². The van der Waals surface area contributed by atoms with E-state index in [-0.39, 0.29) is 5.56 Å². The zero-order valence-corrected chi connectivity index (χ0v) is 11.3. The molecule has 4 heteroatoms. The molecule has 0 heterocycles. The lowest BCUT2D eigenvalue weighted by molar-refractivity contribution is 0.112. The lowest BCUT2D eigenvalue weighted by Crippen LogP contribution is -2.34. The summed E-state index contributed by atoms with van der Waals surface area (Å²) >= 11 is 1.75. The standard InChI is InChI=1S/C13H18FNOS/c1-4-10(9-17-3)15(2)13-7-5-6-12(14)11(13)8-16/h5-8,10H,4,9H2,1-3H3. The van der Waals surface area contributed by atoms with Crippen LogP contribution in [0.1, 0.15) is 23.7 Å². The maximum atomic E-state index is 13.5. The summed E-state index contributed by atoms with van der Waals surface area (Å²) in [5.41, 5.74) is 0.815. The van der Waals surface area contributed by atoms with Crippen molar-refractivity contribution in [1.29, 1.82) is 0 Å². The minimum absolute atomic E-state index is 0.148. The van der Waals surface area contributed by atoms with Crippen LogP contribution in [0.3, 0.4) is 0 Å². The summed E-state index contributed by atoms with van der Waals surface area (Å²) in [6.45, 7) is 2.09. The number of hydrogen-bond acceptors (Lipinski definition) is 3. The van der Waals surface area contributed by atoms with Gasteiger partial charge in [-0.2, -0.15) is 11.8 Å². The van der Waals surface area contributed by atoms with Crippen LogP contribution >= 0.6 is 11.8 Å². The number of carbonyl (C=O) groups excluding carboxylic acids is 1. The van der Waals surface area contributed by atoms with Gasteiger partial charge >= 0.3 is 0 Å². The van der Waals surface area contributed by atoms with Gasteiger partial charge in [0.15, 0.2) is 6.29 Å². The third-order valence-corrected chi connectivity index (χ3v) is 3.62. The third kappa shape index (κ3) is 3.22. The van der Waals surface area contributed by atoms with Crippen molar-refractivity contribution in [3.8, 4) is 0 Å². The summed E-state index contributed by atoms with van der Waals surface area (Å²) < 4.78 is 13.5. The molecule has 0 spiro atoms. The number of benzene rings is 1. The Morgan fingerprint density at radius 2 is 2.24 bits per heavy atom. The average Bonchev–Trinajstić information content (AvgIpc) is 2.34. The van der Waals surface area contributed by atoms with E-state index in [4.69, 9.17) is 0 Å². The van der Waals surface area contributed by atoms with E-state index >= 15 is 0 Å². The zero-order chi connectivity index (χ0) is 12.8. The van der Waals surface area contributed by atoms with Gasteiger partial charge in [0.2, 0.25) is 0 Å². The highest BCUT2D eigenvalue weighted by Crippen LogP contribution is 2.24. The van der Waals surface area contributed by atoms with Gasteiger partial charge in [-0.05, 0) is 24.8 Å². The van der Waals surface area contributed by atoms with Crippen LogP contribution in [0.15, 0.2) is 18.2 Å². The molecule has 1 rings (SSSR count). The molecule has 0 N–H and O–H groups in total. The molecule has 0 aromatic heterocycles. The zero-order valence-electron chi connectivity index (χ0n) is 10.4. The van der Waals surface area contributed by atoms with Crippen LogP contribution in [0, 0.1) is 5.82 Å². The van der Waals surface area contributed by atoms with Crippen molar-refractivity contribution in [1.82, 2.24) is 0 Å². The minimum Gasteiger partial charge on any atom is -0.370 e. The maximum Gasteiger partial charge on any atom is 0.155 e. The number of aldehydes is 1. The van der Waals surface area contributed by atoms with Crippen molar-refractivity contribution in [2.24, 2.45) is 0 Å². The van der Waals surface area contributed by atoms with E-state index in [9.17, 15) is 9.18 Å². The predicted molar refractivity (Wildman–Crippen MR) is 72.7 cm³/mol. The molecule has 1 aromatic rings. The van der Waals surface area contributed by atoms with Crippen LogP contribution in [0.4, 0.5) is 10.1 Å². The monoisotopic (exact) mass is 255 g/mol. The van der Waals surface area contributed by atoms with Gasteiger partial charge in [0.25, 0.3) is 0 Å². The van der Waals surface area contributed by atoms with Gasteiger partial charge < -0.3 is 4.90 Å². The second-order valence-corrected chi connectivity index (χ2v) is 4.83. The third-order valence-electron chi connectivity index (χ3n) is 2.91. The van der Waals surface area contributed by atoms with E-state index < -0.39 is 5.82 Å². The first kappa shape index (κ1) is 14.0. The summed E-state index contributed by atoms with van der Waals surface area (Å²) in [5, 5.41) is 0. The first-order valence-corrected chi connectivity index (χ1v) is 7.00. The molecule has 0 aliphatic rings. The Kier molecular flexibility index (Phi) is 5.48. The van der Waals surface area contributed by atoms with E-state index in [2.05, 4.69) is 6.92 Å². The lowest BCUT2D eigenvalue weighted by Gasteiger charge is -2.29.